The summed E-state index contributed by atoms with van der Waals surface area (Å²) >= 11 is 6.06. The van der Waals surface area contributed by atoms with Gasteiger partial charge in [0.2, 0.25) is 11.8 Å². The van der Waals surface area contributed by atoms with Crippen LogP contribution in [0, 0.1) is 5.92 Å². The second-order valence-corrected chi connectivity index (χ2v) is 6.87. The Kier molecular flexibility index (Phi) is 5.18. The average molecular weight is 377 g/mol. The number of halogens is 1. The molecule has 0 unspecified atom stereocenters. The largest absolute Gasteiger partial charge is 0.495 e. The van der Waals surface area contributed by atoms with Crippen LogP contribution in [0.25, 0.3) is 0 Å². The van der Waals surface area contributed by atoms with Gasteiger partial charge < -0.3 is 14.5 Å². The normalized spacial score (nSPS) is 16.8. The standard InChI is InChI=1S/C18H21ClN4O3/c1-21(9-12-8-20-22(2)10-12)18(25)13-6-17(24)23(11-13)15-7-14(19)4-5-16(15)26-3/h4-5,7-8,10,13H,6,9,11H2,1-3H3/t13-/m1/s1. The topological polar surface area (TPSA) is 67.7 Å². The van der Waals surface area contributed by atoms with Gasteiger partial charge in [0.05, 0.1) is 24.9 Å². The molecule has 2 aromatic rings. The second-order valence-electron chi connectivity index (χ2n) is 6.44. The Balaban J connectivity index is 1.73. The van der Waals surface area contributed by atoms with Gasteiger partial charge in [0.1, 0.15) is 5.75 Å². The van der Waals surface area contributed by atoms with Crippen LogP contribution < -0.4 is 9.64 Å². The lowest BCUT2D eigenvalue weighted by Gasteiger charge is -2.22. The van der Waals surface area contributed by atoms with E-state index in [9.17, 15) is 9.59 Å². The number of anilines is 1. The van der Waals surface area contributed by atoms with Gasteiger partial charge in [-0.15, -0.1) is 0 Å². The molecule has 1 fully saturated rings. The van der Waals surface area contributed by atoms with Crippen LogP contribution in [0.4, 0.5) is 5.69 Å². The first kappa shape index (κ1) is 18.3. The van der Waals surface area contributed by atoms with Gasteiger partial charge >= 0.3 is 0 Å². The molecule has 1 aromatic carbocycles. The highest BCUT2D eigenvalue weighted by Crippen LogP contribution is 2.35. The molecule has 1 atom stereocenters. The Morgan fingerprint density at radius 3 is 2.88 bits per heavy atom. The number of aromatic nitrogens is 2. The van der Waals surface area contributed by atoms with E-state index < -0.39 is 5.92 Å². The van der Waals surface area contributed by atoms with Gasteiger partial charge in [0.25, 0.3) is 0 Å². The molecule has 138 valence electrons. The van der Waals surface area contributed by atoms with Crippen LogP contribution >= 0.6 is 11.6 Å². The third-order valence-electron chi connectivity index (χ3n) is 4.46. The lowest BCUT2D eigenvalue weighted by molar-refractivity contribution is -0.135. The Bertz CT molecular complexity index is 836. The number of ether oxygens (including phenoxy) is 1. The van der Waals surface area contributed by atoms with E-state index in [1.54, 1.807) is 45.9 Å². The van der Waals surface area contributed by atoms with Crippen LogP contribution in [0.3, 0.4) is 0 Å². The molecule has 1 saturated heterocycles. The van der Waals surface area contributed by atoms with E-state index in [0.717, 1.165) is 5.56 Å². The van der Waals surface area contributed by atoms with Gasteiger partial charge in [-0.05, 0) is 18.2 Å². The fraction of sp³-hybridized carbons (Fsp3) is 0.389. The minimum absolute atomic E-state index is 0.0642. The van der Waals surface area contributed by atoms with Gasteiger partial charge in [-0.25, -0.2) is 0 Å². The number of carbonyl (C=O) groups excluding carboxylic acids is 2. The summed E-state index contributed by atoms with van der Waals surface area (Å²) < 4.78 is 7.02. The molecule has 0 saturated carbocycles. The highest BCUT2D eigenvalue weighted by atomic mass is 35.5. The molecule has 1 aromatic heterocycles. The van der Waals surface area contributed by atoms with Crippen molar-refractivity contribution in [1.82, 2.24) is 14.7 Å². The number of benzene rings is 1. The van der Waals surface area contributed by atoms with Crippen molar-refractivity contribution >= 4 is 29.1 Å². The van der Waals surface area contributed by atoms with E-state index in [1.165, 1.54) is 7.11 Å². The Labute approximate surface area is 157 Å². The summed E-state index contributed by atoms with van der Waals surface area (Å²) in [4.78, 5) is 28.5. The smallest absolute Gasteiger partial charge is 0.228 e. The molecule has 0 radical (unpaired) electrons. The SMILES string of the molecule is COc1ccc(Cl)cc1N1C[C@H](C(=O)N(C)Cc2cnn(C)c2)CC1=O. The van der Waals surface area contributed by atoms with Crippen molar-refractivity contribution in [3.8, 4) is 5.75 Å². The van der Waals surface area contributed by atoms with E-state index in [2.05, 4.69) is 5.10 Å². The summed E-state index contributed by atoms with van der Waals surface area (Å²) in [6.45, 7) is 0.767. The average Bonchev–Trinajstić information content (AvgIpc) is 3.19. The van der Waals surface area contributed by atoms with Crippen LogP contribution in [0.2, 0.25) is 5.02 Å². The van der Waals surface area contributed by atoms with E-state index in [1.807, 2.05) is 13.2 Å². The second kappa shape index (κ2) is 7.37. The van der Waals surface area contributed by atoms with Crippen molar-refractivity contribution in [2.45, 2.75) is 13.0 Å². The predicted octanol–water partition coefficient (Wildman–Crippen LogP) is 2.09. The Morgan fingerprint density at radius 1 is 1.46 bits per heavy atom. The van der Waals surface area contributed by atoms with Gasteiger partial charge in [-0.3, -0.25) is 14.3 Å². The Hall–Kier alpha value is -2.54. The highest BCUT2D eigenvalue weighted by molar-refractivity contribution is 6.31. The molecular formula is C18H21ClN4O3. The quantitative estimate of drug-likeness (QED) is 0.801. The molecule has 7 nitrogen and oxygen atoms in total. The summed E-state index contributed by atoms with van der Waals surface area (Å²) in [5, 5.41) is 4.62. The number of nitrogens with zero attached hydrogens (tertiary/aromatic N) is 4. The molecule has 0 aliphatic carbocycles. The van der Waals surface area contributed by atoms with Crippen LogP contribution in [0.15, 0.2) is 30.6 Å². The number of methoxy groups -OCH3 is 1. The molecule has 0 bridgehead atoms. The zero-order valence-corrected chi connectivity index (χ0v) is 15.7. The van der Waals surface area contributed by atoms with Gasteiger partial charge in [-0.2, -0.15) is 5.10 Å². The minimum Gasteiger partial charge on any atom is -0.495 e. The Morgan fingerprint density at radius 2 is 2.23 bits per heavy atom. The zero-order valence-electron chi connectivity index (χ0n) is 15.0. The number of hydrogen-bond donors (Lipinski definition) is 0. The number of carbonyl (C=O) groups is 2. The maximum atomic E-state index is 12.8. The number of hydrogen-bond acceptors (Lipinski definition) is 4. The predicted molar refractivity (Wildman–Crippen MR) is 98.1 cm³/mol. The highest BCUT2D eigenvalue weighted by Gasteiger charge is 2.37. The molecular weight excluding hydrogens is 356 g/mol. The zero-order chi connectivity index (χ0) is 18.8. The van der Waals surface area contributed by atoms with E-state index >= 15 is 0 Å². The fourth-order valence-corrected chi connectivity index (χ4v) is 3.36. The van der Waals surface area contributed by atoms with Crippen LogP contribution in [0.5, 0.6) is 5.75 Å². The molecule has 2 heterocycles. The maximum Gasteiger partial charge on any atom is 0.228 e. The van der Waals surface area contributed by atoms with Crippen molar-refractivity contribution in [1.29, 1.82) is 0 Å². The number of rotatable bonds is 5. The summed E-state index contributed by atoms with van der Waals surface area (Å²) in [5.41, 5.74) is 1.54. The summed E-state index contributed by atoms with van der Waals surface area (Å²) in [7, 11) is 5.11. The summed E-state index contributed by atoms with van der Waals surface area (Å²) in [6, 6.07) is 5.11. The molecule has 26 heavy (non-hydrogen) atoms. The molecule has 1 aliphatic heterocycles. The first-order valence-corrected chi connectivity index (χ1v) is 8.63. The maximum absolute atomic E-state index is 12.8. The fourth-order valence-electron chi connectivity index (χ4n) is 3.20. The monoisotopic (exact) mass is 376 g/mol. The molecule has 2 amide bonds. The number of amides is 2. The molecule has 0 N–H and O–H groups in total. The van der Waals surface area contributed by atoms with Gasteiger partial charge in [0, 0.05) is 50.4 Å². The van der Waals surface area contributed by atoms with Crippen molar-refractivity contribution in [2.75, 3.05) is 25.6 Å². The van der Waals surface area contributed by atoms with E-state index in [4.69, 9.17) is 16.3 Å². The van der Waals surface area contributed by atoms with Crippen molar-refractivity contribution in [3.63, 3.8) is 0 Å². The third-order valence-corrected chi connectivity index (χ3v) is 4.70. The molecule has 1 aliphatic rings. The molecule has 3 rings (SSSR count). The first-order chi connectivity index (χ1) is 12.4. The van der Waals surface area contributed by atoms with E-state index in [-0.39, 0.29) is 18.2 Å². The van der Waals surface area contributed by atoms with Crippen molar-refractivity contribution in [2.24, 2.45) is 13.0 Å². The number of aryl methyl sites for hydroxylation is 1. The lowest BCUT2D eigenvalue weighted by Crippen LogP contribution is -2.34. The summed E-state index contributed by atoms with van der Waals surface area (Å²) in [6.07, 6.45) is 3.77. The molecule has 8 heteroatoms. The first-order valence-electron chi connectivity index (χ1n) is 8.25. The van der Waals surface area contributed by atoms with Crippen molar-refractivity contribution < 1.29 is 14.3 Å². The van der Waals surface area contributed by atoms with Gasteiger partial charge in [0.15, 0.2) is 0 Å². The lowest BCUT2D eigenvalue weighted by atomic mass is 10.1. The van der Waals surface area contributed by atoms with E-state index in [0.29, 0.717) is 29.5 Å². The minimum atomic E-state index is -0.396. The van der Waals surface area contributed by atoms with Crippen LogP contribution in [-0.4, -0.2) is 47.2 Å². The third kappa shape index (κ3) is 3.67. The van der Waals surface area contributed by atoms with Crippen LogP contribution in [-0.2, 0) is 23.2 Å². The van der Waals surface area contributed by atoms with Crippen LogP contribution in [0.1, 0.15) is 12.0 Å². The summed E-state index contributed by atoms with van der Waals surface area (Å²) in [5.74, 6) is -0.0168. The van der Waals surface area contributed by atoms with Crippen molar-refractivity contribution in [3.05, 3.63) is 41.2 Å². The van der Waals surface area contributed by atoms with Gasteiger partial charge in [-0.1, -0.05) is 11.6 Å². The molecule has 0 spiro atoms.